The number of alkyl halides is 3. The van der Waals surface area contributed by atoms with E-state index in [1.807, 2.05) is 6.08 Å². The van der Waals surface area contributed by atoms with Crippen LogP contribution in [0.25, 0.3) is 0 Å². The Hall–Kier alpha value is -0.210. The summed E-state index contributed by atoms with van der Waals surface area (Å²) in [5.41, 5.74) is 0. The molecule has 0 aromatic rings. The molecule has 1 heterocycles. The highest BCUT2D eigenvalue weighted by Gasteiger charge is 2.37. The average Bonchev–Trinajstić information content (AvgIpc) is 2.49. The summed E-state index contributed by atoms with van der Waals surface area (Å²) in [6.45, 7) is 3.45. The van der Waals surface area contributed by atoms with Gasteiger partial charge in [0.15, 0.2) is 0 Å². The minimum Gasteiger partial charge on any atom is -0.461 e. The molecule has 0 aromatic heterocycles. The third-order valence-electron chi connectivity index (χ3n) is 3.76. The van der Waals surface area contributed by atoms with Crippen LogP contribution in [0.1, 0.15) is 39.5 Å². The first-order valence-electron chi connectivity index (χ1n) is 7.75. The van der Waals surface area contributed by atoms with Gasteiger partial charge in [0.05, 0.1) is 23.0 Å². The van der Waals surface area contributed by atoms with E-state index in [2.05, 4.69) is 28.8 Å². The topological polar surface area (TPSA) is 35.5 Å². The van der Waals surface area contributed by atoms with Gasteiger partial charge in [-0.05, 0) is 25.3 Å². The van der Waals surface area contributed by atoms with Gasteiger partial charge in [-0.25, -0.2) is 0 Å². The molecule has 1 fully saturated rings. The molecule has 0 N–H and O–H groups in total. The normalized spacial score (nSPS) is 33.5. The highest BCUT2D eigenvalue weighted by atomic mass is 79.9. The van der Waals surface area contributed by atoms with Crippen molar-refractivity contribution in [2.24, 2.45) is 0 Å². The largest absolute Gasteiger partial charge is 0.461 e. The van der Waals surface area contributed by atoms with E-state index < -0.39 is 6.10 Å². The van der Waals surface area contributed by atoms with Crippen molar-refractivity contribution in [1.82, 2.24) is 0 Å². The Kier molecular flexibility index (Phi) is 9.61. The molecule has 0 amide bonds. The molecule has 1 saturated heterocycles. The summed E-state index contributed by atoms with van der Waals surface area (Å²) >= 11 is 16.6. The summed E-state index contributed by atoms with van der Waals surface area (Å²) < 4.78 is 11.6. The zero-order valence-electron chi connectivity index (χ0n) is 13.4. The number of halogens is 3. The molecule has 3 nitrogen and oxygen atoms in total. The van der Waals surface area contributed by atoms with Crippen LogP contribution in [0, 0.1) is 12.3 Å². The number of rotatable bonds is 5. The van der Waals surface area contributed by atoms with Gasteiger partial charge in [-0.1, -0.05) is 34.9 Å². The second-order valence-electron chi connectivity index (χ2n) is 5.59. The van der Waals surface area contributed by atoms with Gasteiger partial charge in [-0.2, -0.15) is 0 Å². The molecule has 0 aromatic carbocycles. The molecule has 0 spiro atoms. The molecule has 6 heteroatoms. The van der Waals surface area contributed by atoms with Crippen molar-refractivity contribution < 1.29 is 14.3 Å². The SMILES string of the molecule is C#C/C=C/C[C@@H]1O[C@@H]([C@H](Br)CC)C[C@H](OC(C)=O)[C@@H](Cl)C[C@@H]1Cl. The predicted molar refractivity (Wildman–Crippen MR) is 98.3 cm³/mol. The second kappa shape index (κ2) is 10.6. The van der Waals surface area contributed by atoms with E-state index in [1.165, 1.54) is 6.92 Å². The zero-order chi connectivity index (χ0) is 17.4. The van der Waals surface area contributed by atoms with Crippen molar-refractivity contribution in [3.8, 4) is 12.3 Å². The predicted octanol–water partition coefficient (Wildman–Crippen LogP) is 4.43. The summed E-state index contributed by atoms with van der Waals surface area (Å²) in [5, 5.41) is -0.624. The third-order valence-corrected chi connectivity index (χ3v) is 5.92. The maximum Gasteiger partial charge on any atom is 0.302 e. The highest BCUT2D eigenvalue weighted by molar-refractivity contribution is 9.09. The summed E-state index contributed by atoms with van der Waals surface area (Å²) in [7, 11) is 0. The van der Waals surface area contributed by atoms with Gasteiger partial charge in [0, 0.05) is 18.2 Å². The molecule has 0 saturated carbocycles. The minimum absolute atomic E-state index is 0.130. The lowest BCUT2D eigenvalue weighted by Crippen LogP contribution is -2.44. The minimum atomic E-state index is -0.408. The average molecular weight is 426 g/mol. The fourth-order valence-corrected chi connectivity index (χ4v) is 3.70. The fraction of sp³-hybridized carbons (Fsp3) is 0.706. The Morgan fingerprint density at radius 2 is 2.17 bits per heavy atom. The number of terminal acetylenes is 1. The van der Waals surface area contributed by atoms with E-state index in [0.29, 0.717) is 19.3 Å². The standard InChI is InChI=1S/C17H23BrCl2O3/c1-4-6-7-8-15-13(19)9-14(20)17(22-11(3)21)10-16(23-15)12(18)5-2/h1,6-7,12-17H,5,8-10H2,2-3H3/b7-6+/t12-,13+,14+,15+,16-,17+/m1/s1. The molecule has 0 radical (unpaired) electrons. The van der Waals surface area contributed by atoms with Gasteiger partial charge in [0.2, 0.25) is 0 Å². The highest BCUT2D eigenvalue weighted by Crippen LogP contribution is 2.32. The number of hydrogen-bond acceptors (Lipinski definition) is 3. The van der Waals surface area contributed by atoms with Crippen molar-refractivity contribution in [3.05, 3.63) is 12.2 Å². The molecule has 23 heavy (non-hydrogen) atoms. The second-order valence-corrected chi connectivity index (χ2v) is 7.89. The number of ether oxygens (including phenoxy) is 2. The molecule has 6 atom stereocenters. The van der Waals surface area contributed by atoms with Crippen molar-refractivity contribution in [2.45, 2.75) is 73.4 Å². The summed E-state index contributed by atoms with van der Waals surface area (Å²) in [4.78, 5) is 11.5. The molecule has 130 valence electrons. The first-order chi connectivity index (χ1) is 10.9. The summed E-state index contributed by atoms with van der Waals surface area (Å²) in [6, 6.07) is 0. The van der Waals surface area contributed by atoms with Crippen LogP contribution in [0.5, 0.6) is 0 Å². The molecule has 1 rings (SSSR count). The monoisotopic (exact) mass is 424 g/mol. The van der Waals surface area contributed by atoms with Crippen molar-refractivity contribution in [1.29, 1.82) is 0 Å². The molecular weight excluding hydrogens is 403 g/mol. The first kappa shape index (κ1) is 20.8. The van der Waals surface area contributed by atoms with Gasteiger partial charge < -0.3 is 9.47 Å². The quantitative estimate of drug-likeness (QED) is 0.371. The summed E-state index contributed by atoms with van der Waals surface area (Å²) in [6.07, 6.45) is 10.6. The van der Waals surface area contributed by atoms with E-state index in [4.69, 9.17) is 39.1 Å². The Morgan fingerprint density at radius 3 is 2.74 bits per heavy atom. The Morgan fingerprint density at radius 1 is 1.48 bits per heavy atom. The Balaban J connectivity index is 2.92. The van der Waals surface area contributed by atoms with Crippen LogP contribution in [0.3, 0.4) is 0 Å². The van der Waals surface area contributed by atoms with E-state index in [0.717, 1.165) is 6.42 Å². The Labute approximate surface area is 157 Å². The van der Waals surface area contributed by atoms with E-state index in [9.17, 15) is 4.79 Å². The van der Waals surface area contributed by atoms with Crippen LogP contribution in [-0.2, 0) is 14.3 Å². The van der Waals surface area contributed by atoms with Crippen LogP contribution < -0.4 is 0 Å². The first-order valence-corrected chi connectivity index (χ1v) is 9.53. The smallest absolute Gasteiger partial charge is 0.302 e. The van der Waals surface area contributed by atoms with E-state index in [1.54, 1.807) is 6.08 Å². The van der Waals surface area contributed by atoms with E-state index in [-0.39, 0.29) is 33.8 Å². The van der Waals surface area contributed by atoms with Gasteiger partial charge in [-0.3, -0.25) is 4.79 Å². The molecule has 1 aliphatic heterocycles. The molecule has 0 aliphatic carbocycles. The number of carbonyl (C=O) groups excluding carboxylic acids is 1. The number of hydrogen-bond donors (Lipinski definition) is 0. The van der Waals surface area contributed by atoms with E-state index >= 15 is 0 Å². The maximum absolute atomic E-state index is 11.3. The summed E-state index contributed by atoms with van der Waals surface area (Å²) in [5.74, 6) is 2.12. The van der Waals surface area contributed by atoms with Crippen molar-refractivity contribution in [2.75, 3.05) is 0 Å². The van der Waals surface area contributed by atoms with Crippen molar-refractivity contribution in [3.63, 3.8) is 0 Å². The lowest BCUT2D eigenvalue weighted by Gasteiger charge is -2.37. The van der Waals surface area contributed by atoms with Gasteiger partial charge in [0.25, 0.3) is 0 Å². The zero-order valence-corrected chi connectivity index (χ0v) is 16.5. The number of esters is 1. The number of allylic oxidation sites excluding steroid dienone is 1. The molecule has 0 unspecified atom stereocenters. The maximum atomic E-state index is 11.3. The van der Waals surface area contributed by atoms with Crippen LogP contribution in [-0.4, -0.2) is 39.9 Å². The Bertz CT molecular complexity index is 450. The van der Waals surface area contributed by atoms with Gasteiger partial charge in [-0.15, -0.1) is 29.6 Å². The van der Waals surface area contributed by atoms with Gasteiger partial charge >= 0.3 is 5.97 Å². The fourth-order valence-electron chi connectivity index (χ4n) is 2.56. The lowest BCUT2D eigenvalue weighted by atomic mass is 9.96. The van der Waals surface area contributed by atoms with Crippen molar-refractivity contribution >= 4 is 45.1 Å². The lowest BCUT2D eigenvalue weighted by molar-refractivity contribution is -0.150. The van der Waals surface area contributed by atoms with Crippen LogP contribution >= 0.6 is 39.1 Å². The van der Waals surface area contributed by atoms with Crippen LogP contribution in [0.15, 0.2) is 12.2 Å². The molecule has 1 aliphatic rings. The molecular formula is C17H23BrCl2O3. The van der Waals surface area contributed by atoms with Crippen LogP contribution in [0.4, 0.5) is 0 Å². The third kappa shape index (κ3) is 7.05. The van der Waals surface area contributed by atoms with Gasteiger partial charge in [0.1, 0.15) is 6.10 Å². The van der Waals surface area contributed by atoms with Crippen LogP contribution in [0.2, 0.25) is 0 Å². The molecule has 0 bridgehead atoms. The number of carbonyl (C=O) groups is 1.